The summed E-state index contributed by atoms with van der Waals surface area (Å²) in [7, 11) is 0. The molecule has 2 saturated heterocycles. The molecule has 0 bridgehead atoms. The van der Waals surface area contributed by atoms with Gasteiger partial charge in [0.15, 0.2) is 0 Å². The van der Waals surface area contributed by atoms with Crippen LogP contribution in [-0.2, 0) is 19.7 Å². The summed E-state index contributed by atoms with van der Waals surface area (Å²) in [6, 6.07) is 9.88. The fourth-order valence-corrected chi connectivity index (χ4v) is 4.73. The first-order valence-electron chi connectivity index (χ1n) is 10.1. The van der Waals surface area contributed by atoms with Gasteiger partial charge in [0.2, 0.25) is 11.8 Å². The van der Waals surface area contributed by atoms with E-state index in [9.17, 15) is 9.59 Å². The molecule has 1 unspecified atom stereocenters. The largest absolute Gasteiger partial charge is 0.367 e. The predicted molar refractivity (Wildman–Crippen MR) is 110 cm³/mol. The molecule has 1 aromatic rings. The van der Waals surface area contributed by atoms with Crippen LogP contribution in [0.25, 0.3) is 0 Å². The van der Waals surface area contributed by atoms with Gasteiger partial charge in [0.25, 0.3) is 0 Å². The van der Waals surface area contributed by atoms with Gasteiger partial charge in [0.1, 0.15) is 0 Å². The van der Waals surface area contributed by atoms with Crippen LogP contribution in [0.4, 0.5) is 0 Å². The smallest absolute Gasteiger partial charge is 0.245 e. The summed E-state index contributed by atoms with van der Waals surface area (Å²) in [4.78, 5) is 27.4. The Hall–Kier alpha value is -2.14. The number of ether oxygens (including phenoxy) is 1. The first-order chi connectivity index (χ1) is 13.1. The van der Waals surface area contributed by atoms with Crippen LogP contribution in [0.15, 0.2) is 43.0 Å². The maximum atomic E-state index is 13.6. The van der Waals surface area contributed by atoms with Gasteiger partial charge in [0.05, 0.1) is 22.7 Å². The molecule has 3 rings (SSSR count). The average Bonchev–Trinajstić information content (AvgIpc) is 2.88. The third kappa shape index (κ3) is 3.86. The second kappa shape index (κ2) is 7.36. The molecule has 2 amide bonds. The number of hydrogen-bond acceptors (Lipinski definition) is 3. The van der Waals surface area contributed by atoms with Crippen molar-refractivity contribution < 1.29 is 14.3 Å². The Bertz CT molecular complexity index is 746. The van der Waals surface area contributed by atoms with Gasteiger partial charge in [-0.05, 0) is 58.6 Å². The van der Waals surface area contributed by atoms with Crippen LogP contribution in [0.1, 0.15) is 52.5 Å². The predicted octanol–water partition coefficient (Wildman–Crippen LogP) is 3.20. The molecular formula is C23H32N2O3. The lowest BCUT2D eigenvalue weighted by atomic mass is 9.71. The number of hydrogen-bond donors (Lipinski definition) is 1. The number of amides is 2. The number of nitrogens with one attached hydrogen (secondary N) is 1. The number of piperidine rings is 1. The lowest BCUT2D eigenvalue weighted by molar-refractivity contribution is -0.135. The number of carbonyl (C=O) groups is 2. The fraction of sp³-hybridized carbons (Fsp3) is 0.565. The summed E-state index contributed by atoms with van der Waals surface area (Å²) in [5.41, 5.74) is -0.311. The second-order valence-electron chi connectivity index (χ2n) is 9.17. The maximum absolute atomic E-state index is 13.6. The zero-order chi connectivity index (χ0) is 20.6. The molecule has 0 spiro atoms. The van der Waals surface area contributed by atoms with Gasteiger partial charge >= 0.3 is 0 Å². The highest BCUT2D eigenvalue weighted by Gasteiger charge is 2.50. The van der Waals surface area contributed by atoms with Gasteiger partial charge in [-0.2, -0.15) is 0 Å². The van der Waals surface area contributed by atoms with Gasteiger partial charge < -0.3 is 15.0 Å². The molecule has 1 atom stereocenters. The summed E-state index contributed by atoms with van der Waals surface area (Å²) < 4.78 is 6.16. The van der Waals surface area contributed by atoms with E-state index in [1.54, 1.807) is 4.90 Å². The van der Waals surface area contributed by atoms with Crippen molar-refractivity contribution in [3.8, 4) is 0 Å². The molecule has 0 aliphatic carbocycles. The Kier molecular flexibility index (Phi) is 5.41. The molecule has 0 saturated carbocycles. The van der Waals surface area contributed by atoms with Crippen molar-refractivity contribution in [2.24, 2.45) is 0 Å². The molecule has 5 heteroatoms. The van der Waals surface area contributed by atoms with E-state index in [2.05, 4.69) is 25.7 Å². The minimum Gasteiger partial charge on any atom is -0.367 e. The number of carbonyl (C=O) groups excluding carboxylic acids is 2. The first-order valence-corrected chi connectivity index (χ1v) is 10.1. The monoisotopic (exact) mass is 384 g/mol. The van der Waals surface area contributed by atoms with Crippen molar-refractivity contribution in [3.63, 3.8) is 0 Å². The number of nitrogens with zero attached hydrogens (tertiary/aromatic N) is 1. The molecule has 1 aromatic carbocycles. The summed E-state index contributed by atoms with van der Waals surface area (Å²) in [5, 5.41) is 3.30. The van der Waals surface area contributed by atoms with Crippen LogP contribution >= 0.6 is 0 Å². The zero-order valence-electron chi connectivity index (χ0n) is 17.5. The van der Waals surface area contributed by atoms with Crippen LogP contribution in [0.2, 0.25) is 0 Å². The van der Waals surface area contributed by atoms with Crippen molar-refractivity contribution in [3.05, 3.63) is 48.6 Å². The Balaban J connectivity index is 1.85. The van der Waals surface area contributed by atoms with Crippen LogP contribution in [0.5, 0.6) is 0 Å². The van der Waals surface area contributed by atoms with E-state index >= 15 is 0 Å². The Morgan fingerprint density at radius 1 is 1.14 bits per heavy atom. The lowest BCUT2D eigenvalue weighted by Gasteiger charge is -2.42. The number of likely N-dealkylation sites (tertiary alicyclic amines) is 1. The first kappa shape index (κ1) is 20.6. The van der Waals surface area contributed by atoms with Crippen LogP contribution < -0.4 is 5.32 Å². The highest BCUT2D eigenvalue weighted by atomic mass is 16.5. The normalized spacial score (nSPS) is 25.1. The molecule has 2 aliphatic rings. The van der Waals surface area contributed by atoms with Crippen LogP contribution in [-0.4, -0.2) is 47.0 Å². The molecular weight excluding hydrogens is 352 g/mol. The van der Waals surface area contributed by atoms with E-state index in [0.717, 1.165) is 12.0 Å². The van der Waals surface area contributed by atoms with Crippen molar-refractivity contribution in [2.45, 2.75) is 69.6 Å². The van der Waals surface area contributed by atoms with Gasteiger partial charge in [0, 0.05) is 13.1 Å². The summed E-state index contributed by atoms with van der Waals surface area (Å²) in [6.07, 6.45) is 3.31. The summed E-state index contributed by atoms with van der Waals surface area (Å²) in [5.74, 6) is -0.0436. The maximum Gasteiger partial charge on any atom is 0.245 e. The van der Waals surface area contributed by atoms with E-state index in [0.29, 0.717) is 25.9 Å². The van der Waals surface area contributed by atoms with Crippen molar-refractivity contribution in [2.75, 3.05) is 13.1 Å². The molecule has 0 aromatic heterocycles. The molecule has 0 radical (unpaired) electrons. The third-order valence-electron chi connectivity index (χ3n) is 6.24. The minimum absolute atomic E-state index is 0.0313. The van der Waals surface area contributed by atoms with Crippen molar-refractivity contribution >= 4 is 11.8 Å². The van der Waals surface area contributed by atoms with Crippen LogP contribution in [0, 0.1) is 0 Å². The Morgan fingerprint density at radius 2 is 1.75 bits per heavy atom. The van der Waals surface area contributed by atoms with Gasteiger partial charge in [-0.15, -0.1) is 0 Å². The Morgan fingerprint density at radius 3 is 2.25 bits per heavy atom. The molecule has 5 nitrogen and oxygen atoms in total. The molecule has 1 N–H and O–H groups in total. The van der Waals surface area contributed by atoms with Crippen molar-refractivity contribution in [1.29, 1.82) is 0 Å². The summed E-state index contributed by atoms with van der Waals surface area (Å²) in [6.45, 7) is 12.9. The van der Waals surface area contributed by atoms with E-state index in [1.165, 1.54) is 6.08 Å². The highest BCUT2D eigenvalue weighted by molar-refractivity contribution is 5.90. The number of rotatable bonds is 4. The van der Waals surface area contributed by atoms with Crippen LogP contribution in [0.3, 0.4) is 0 Å². The van der Waals surface area contributed by atoms with E-state index in [4.69, 9.17) is 4.74 Å². The number of benzene rings is 1. The quantitative estimate of drug-likeness (QED) is 0.811. The topological polar surface area (TPSA) is 58.6 Å². The molecule has 28 heavy (non-hydrogen) atoms. The molecule has 2 fully saturated rings. The molecule has 152 valence electrons. The van der Waals surface area contributed by atoms with Gasteiger partial charge in [-0.1, -0.05) is 36.9 Å². The van der Waals surface area contributed by atoms with E-state index in [-0.39, 0.29) is 23.5 Å². The molecule has 2 heterocycles. The standard InChI is InChI=1S/C23H32N2O3/c1-6-19(26)25-14-12-23(13-15-25,17-10-8-7-9-11-17)20(27)24-18-16-21(2,3)28-22(18,4)5/h6-11,18H,1,12-16H2,2-5H3,(H,24,27). The Labute approximate surface area is 168 Å². The van der Waals surface area contributed by atoms with Crippen molar-refractivity contribution in [1.82, 2.24) is 10.2 Å². The average molecular weight is 385 g/mol. The molecule has 2 aliphatic heterocycles. The highest BCUT2D eigenvalue weighted by Crippen LogP contribution is 2.40. The summed E-state index contributed by atoms with van der Waals surface area (Å²) >= 11 is 0. The SMILES string of the molecule is C=CC(=O)N1CCC(C(=O)NC2CC(C)(C)OC2(C)C)(c2ccccc2)CC1. The zero-order valence-corrected chi connectivity index (χ0v) is 17.5. The fourth-order valence-electron chi connectivity index (χ4n) is 4.73. The second-order valence-corrected chi connectivity index (χ2v) is 9.17. The lowest BCUT2D eigenvalue weighted by Crippen LogP contribution is -2.57. The van der Waals surface area contributed by atoms with E-state index in [1.807, 2.05) is 44.2 Å². The van der Waals surface area contributed by atoms with Gasteiger partial charge in [-0.25, -0.2) is 0 Å². The minimum atomic E-state index is -0.637. The van der Waals surface area contributed by atoms with E-state index < -0.39 is 11.0 Å². The van der Waals surface area contributed by atoms with Gasteiger partial charge in [-0.3, -0.25) is 9.59 Å². The third-order valence-corrected chi connectivity index (χ3v) is 6.24.